The van der Waals surface area contributed by atoms with Crippen molar-refractivity contribution in [1.82, 2.24) is 4.98 Å². The summed E-state index contributed by atoms with van der Waals surface area (Å²) < 4.78 is 6.54. The Morgan fingerprint density at radius 3 is 2.62 bits per heavy atom. The van der Waals surface area contributed by atoms with Crippen LogP contribution in [-0.2, 0) is 4.79 Å². The molecule has 0 radical (unpaired) electrons. The summed E-state index contributed by atoms with van der Waals surface area (Å²) in [6, 6.07) is 17.1. The summed E-state index contributed by atoms with van der Waals surface area (Å²) in [6.07, 6.45) is 0. The molecule has 0 aliphatic rings. The molecule has 0 saturated heterocycles. The maximum Gasteiger partial charge on any atom is 0.266 e. The zero-order valence-corrected chi connectivity index (χ0v) is 12.3. The molecule has 0 spiro atoms. The Morgan fingerprint density at radius 1 is 1.14 bits per heavy atom. The van der Waals surface area contributed by atoms with Crippen LogP contribution in [0.25, 0.3) is 10.2 Å². The summed E-state index contributed by atoms with van der Waals surface area (Å²) in [7, 11) is 1.72. The zero-order valence-electron chi connectivity index (χ0n) is 11.5. The summed E-state index contributed by atoms with van der Waals surface area (Å²) in [4.78, 5) is 18.2. The molecule has 21 heavy (non-hydrogen) atoms. The molecule has 1 aromatic heterocycles. The molecule has 0 atom stereocenters. The highest BCUT2D eigenvalue weighted by Crippen LogP contribution is 2.27. The average Bonchev–Trinajstić information content (AvgIpc) is 2.97. The molecule has 3 rings (SSSR count). The van der Waals surface area contributed by atoms with Gasteiger partial charge in [0.1, 0.15) is 5.75 Å². The molecule has 0 unspecified atom stereocenters. The predicted molar refractivity (Wildman–Crippen MR) is 85.0 cm³/mol. The lowest BCUT2D eigenvalue weighted by atomic mass is 10.3. The number of para-hydroxylation sites is 2. The van der Waals surface area contributed by atoms with Crippen molar-refractivity contribution in [1.29, 1.82) is 0 Å². The molecular weight excluding hydrogens is 284 g/mol. The van der Waals surface area contributed by atoms with Crippen LogP contribution in [0.15, 0.2) is 54.6 Å². The predicted octanol–water partition coefficient (Wildman–Crippen LogP) is 3.34. The van der Waals surface area contributed by atoms with Crippen LogP contribution in [0, 0.1) is 0 Å². The van der Waals surface area contributed by atoms with Crippen LogP contribution in [0.2, 0.25) is 0 Å². The highest BCUT2D eigenvalue weighted by atomic mass is 32.1. The van der Waals surface area contributed by atoms with Gasteiger partial charge < -0.3 is 4.74 Å². The van der Waals surface area contributed by atoms with Crippen molar-refractivity contribution in [3.63, 3.8) is 0 Å². The van der Waals surface area contributed by atoms with Gasteiger partial charge in [0, 0.05) is 7.05 Å². The maximum absolute atomic E-state index is 12.2. The molecule has 106 valence electrons. The summed E-state index contributed by atoms with van der Waals surface area (Å²) in [5.74, 6) is 0.557. The van der Waals surface area contributed by atoms with Crippen molar-refractivity contribution < 1.29 is 9.53 Å². The van der Waals surface area contributed by atoms with Gasteiger partial charge in [-0.05, 0) is 24.3 Å². The summed E-state index contributed by atoms with van der Waals surface area (Å²) in [6.45, 7) is -0.00353. The number of rotatable bonds is 4. The van der Waals surface area contributed by atoms with E-state index < -0.39 is 0 Å². The zero-order chi connectivity index (χ0) is 14.7. The first-order valence-electron chi connectivity index (χ1n) is 6.54. The number of carbonyl (C=O) groups excluding carboxylic acids is 1. The van der Waals surface area contributed by atoms with E-state index in [0.29, 0.717) is 10.9 Å². The van der Waals surface area contributed by atoms with Gasteiger partial charge in [0.05, 0.1) is 10.2 Å². The number of nitrogens with zero attached hydrogens (tertiary/aromatic N) is 2. The Labute approximate surface area is 126 Å². The van der Waals surface area contributed by atoms with Crippen LogP contribution in [0.4, 0.5) is 5.13 Å². The number of aromatic nitrogens is 1. The van der Waals surface area contributed by atoms with Crippen LogP contribution < -0.4 is 9.64 Å². The molecule has 4 nitrogen and oxygen atoms in total. The summed E-state index contributed by atoms with van der Waals surface area (Å²) in [5, 5.41) is 0.679. The molecule has 0 N–H and O–H groups in total. The van der Waals surface area contributed by atoms with E-state index in [1.807, 2.05) is 54.6 Å². The number of thiazole rings is 1. The number of anilines is 1. The number of hydrogen-bond acceptors (Lipinski definition) is 4. The van der Waals surface area contributed by atoms with Gasteiger partial charge in [0.2, 0.25) is 0 Å². The standard InChI is InChI=1S/C16H14N2O2S/c1-18(15(19)11-20-12-7-3-2-4-8-12)16-17-13-9-5-6-10-14(13)21-16/h2-10H,11H2,1H3. The minimum Gasteiger partial charge on any atom is -0.484 e. The van der Waals surface area contributed by atoms with Gasteiger partial charge in [-0.1, -0.05) is 41.7 Å². The van der Waals surface area contributed by atoms with Gasteiger partial charge in [0.15, 0.2) is 11.7 Å². The lowest BCUT2D eigenvalue weighted by Crippen LogP contribution is -2.31. The quantitative estimate of drug-likeness (QED) is 0.742. The van der Waals surface area contributed by atoms with Crippen molar-refractivity contribution in [2.24, 2.45) is 0 Å². The van der Waals surface area contributed by atoms with Gasteiger partial charge in [0.25, 0.3) is 5.91 Å². The fourth-order valence-corrected chi connectivity index (χ4v) is 2.81. The molecule has 2 aromatic carbocycles. The Bertz CT molecular complexity index is 722. The largest absolute Gasteiger partial charge is 0.484 e. The molecule has 0 aliphatic carbocycles. The third kappa shape index (κ3) is 3.03. The van der Waals surface area contributed by atoms with Gasteiger partial charge in [-0.25, -0.2) is 4.98 Å². The van der Waals surface area contributed by atoms with E-state index in [0.717, 1.165) is 10.2 Å². The minimum atomic E-state index is -0.127. The van der Waals surface area contributed by atoms with Crippen molar-refractivity contribution >= 4 is 32.6 Å². The van der Waals surface area contributed by atoms with Crippen LogP contribution in [-0.4, -0.2) is 24.5 Å². The van der Waals surface area contributed by atoms with Crippen LogP contribution >= 0.6 is 11.3 Å². The molecule has 5 heteroatoms. The fourth-order valence-electron chi connectivity index (χ4n) is 1.87. The molecule has 3 aromatic rings. The SMILES string of the molecule is CN(C(=O)COc1ccccc1)c1nc2ccccc2s1. The molecule has 0 saturated carbocycles. The second-order valence-electron chi connectivity index (χ2n) is 4.52. The second kappa shape index (κ2) is 5.93. The number of likely N-dealkylation sites (N-methyl/N-ethyl adjacent to an activating group) is 1. The molecule has 0 fully saturated rings. The van der Waals surface area contributed by atoms with Crippen LogP contribution in [0.5, 0.6) is 5.75 Å². The van der Waals surface area contributed by atoms with E-state index >= 15 is 0 Å². The lowest BCUT2D eigenvalue weighted by Gasteiger charge is -2.14. The van der Waals surface area contributed by atoms with Crippen molar-refractivity contribution in [3.8, 4) is 5.75 Å². The molecule has 1 amide bonds. The highest BCUT2D eigenvalue weighted by Gasteiger charge is 2.15. The number of ether oxygens (including phenoxy) is 1. The lowest BCUT2D eigenvalue weighted by molar-refractivity contribution is -0.120. The van der Waals surface area contributed by atoms with Gasteiger partial charge in [-0.2, -0.15) is 0 Å². The summed E-state index contributed by atoms with van der Waals surface area (Å²) >= 11 is 1.49. The first-order chi connectivity index (χ1) is 10.2. The smallest absolute Gasteiger partial charge is 0.266 e. The van der Waals surface area contributed by atoms with E-state index in [4.69, 9.17) is 4.74 Å². The van der Waals surface area contributed by atoms with E-state index in [9.17, 15) is 4.79 Å². The van der Waals surface area contributed by atoms with E-state index in [1.165, 1.54) is 16.2 Å². The van der Waals surface area contributed by atoms with Crippen molar-refractivity contribution in [2.75, 3.05) is 18.6 Å². The number of benzene rings is 2. The first-order valence-corrected chi connectivity index (χ1v) is 7.35. The normalized spacial score (nSPS) is 10.5. The highest BCUT2D eigenvalue weighted by molar-refractivity contribution is 7.22. The molecule has 1 heterocycles. The number of fused-ring (bicyclic) bond motifs is 1. The minimum absolute atomic E-state index is 0.00353. The molecular formula is C16H14N2O2S. The Morgan fingerprint density at radius 2 is 1.86 bits per heavy atom. The van der Waals surface area contributed by atoms with E-state index in [-0.39, 0.29) is 12.5 Å². The second-order valence-corrected chi connectivity index (χ2v) is 5.53. The van der Waals surface area contributed by atoms with E-state index in [1.54, 1.807) is 7.05 Å². The first kappa shape index (κ1) is 13.6. The van der Waals surface area contributed by atoms with Crippen molar-refractivity contribution in [3.05, 3.63) is 54.6 Å². The van der Waals surface area contributed by atoms with Gasteiger partial charge in [-0.15, -0.1) is 0 Å². The molecule has 0 aliphatic heterocycles. The van der Waals surface area contributed by atoms with Crippen molar-refractivity contribution in [2.45, 2.75) is 0 Å². The molecule has 0 bridgehead atoms. The van der Waals surface area contributed by atoms with Gasteiger partial charge >= 0.3 is 0 Å². The Kier molecular flexibility index (Phi) is 3.83. The van der Waals surface area contributed by atoms with Gasteiger partial charge in [-0.3, -0.25) is 9.69 Å². The topological polar surface area (TPSA) is 42.4 Å². The fraction of sp³-hybridized carbons (Fsp3) is 0.125. The average molecular weight is 298 g/mol. The van der Waals surface area contributed by atoms with Crippen LogP contribution in [0.3, 0.4) is 0 Å². The third-order valence-corrected chi connectivity index (χ3v) is 4.16. The summed E-state index contributed by atoms with van der Waals surface area (Å²) in [5.41, 5.74) is 0.904. The Balaban J connectivity index is 1.69. The third-order valence-electron chi connectivity index (χ3n) is 3.05. The maximum atomic E-state index is 12.2. The Hall–Kier alpha value is -2.40. The number of carbonyl (C=O) groups is 1. The number of hydrogen-bond donors (Lipinski definition) is 0. The monoisotopic (exact) mass is 298 g/mol. The van der Waals surface area contributed by atoms with E-state index in [2.05, 4.69) is 4.98 Å². The number of amides is 1. The van der Waals surface area contributed by atoms with Crippen LogP contribution in [0.1, 0.15) is 0 Å².